The molecule has 0 aromatic carbocycles. The smallest absolute Gasteiger partial charge is 0.384 e. The predicted molar refractivity (Wildman–Crippen MR) is 77.9 cm³/mol. The first-order valence-corrected chi connectivity index (χ1v) is 7.15. The van der Waals surface area contributed by atoms with E-state index in [0.717, 1.165) is 13.0 Å². The second-order valence-electron chi connectivity index (χ2n) is 5.75. The summed E-state index contributed by atoms with van der Waals surface area (Å²) < 4.78 is 66.3. The van der Waals surface area contributed by atoms with Gasteiger partial charge in [0.05, 0.1) is 11.7 Å². The van der Waals surface area contributed by atoms with E-state index in [2.05, 4.69) is 11.6 Å². The van der Waals surface area contributed by atoms with Crippen LogP contribution in [0.2, 0.25) is 0 Å². The molecular weight excluding hydrogens is 333 g/mol. The van der Waals surface area contributed by atoms with Crippen molar-refractivity contribution in [2.75, 3.05) is 0 Å². The molecule has 1 atom stereocenters. The minimum atomic E-state index is -5.08. The van der Waals surface area contributed by atoms with Gasteiger partial charge in [-0.25, -0.2) is 13.8 Å². The summed E-state index contributed by atoms with van der Waals surface area (Å²) in [6.45, 7) is 7.49. The maximum Gasteiger partial charge on any atom is 0.434 e. The van der Waals surface area contributed by atoms with Crippen LogP contribution in [0, 0.1) is 5.92 Å². The second kappa shape index (κ2) is 7.38. The number of alkyl halides is 5. The van der Waals surface area contributed by atoms with E-state index in [1.54, 1.807) is 13.8 Å². The molecule has 0 saturated carbocycles. The Balaban J connectivity index is 4.02. The number of hydrogen-bond acceptors (Lipinski definition) is 3. The van der Waals surface area contributed by atoms with Gasteiger partial charge < -0.3 is 5.11 Å². The lowest BCUT2D eigenvalue weighted by Crippen LogP contribution is -2.23. The van der Waals surface area contributed by atoms with Crippen molar-refractivity contribution in [3.63, 3.8) is 0 Å². The molecule has 1 N–H and O–H groups in total. The molecule has 134 valence electrons. The Morgan fingerprint density at radius 2 is 1.88 bits per heavy atom. The molecule has 0 aliphatic carbocycles. The van der Waals surface area contributed by atoms with Gasteiger partial charge in [-0.2, -0.15) is 13.2 Å². The van der Waals surface area contributed by atoms with Crippen LogP contribution < -0.4 is 0 Å². The first kappa shape index (κ1) is 20.2. The highest BCUT2D eigenvalue weighted by atomic mass is 19.4. The van der Waals surface area contributed by atoms with Crippen LogP contribution in [0.25, 0.3) is 0 Å². The van der Waals surface area contributed by atoms with Crippen LogP contribution in [0.1, 0.15) is 66.2 Å². The highest BCUT2D eigenvalue weighted by molar-refractivity contribution is 5.97. The molecule has 3 nitrogen and oxygen atoms in total. The van der Waals surface area contributed by atoms with E-state index in [1.807, 2.05) is 0 Å². The molecule has 0 saturated heterocycles. The minimum absolute atomic E-state index is 0.0968. The number of hydrogen-bond donors (Lipinski definition) is 1. The van der Waals surface area contributed by atoms with Crippen molar-refractivity contribution in [1.82, 2.24) is 4.98 Å². The van der Waals surface area contributed by atoms with Gasteiger partial charge in [0, 0.05) is 5.56 Å². The summed E-state index contributed by atoms with van der Waals surface area (Å²) in [6, 6.07) is 0. The number of carbonyl (C=O) groups is 1. The van der Waals surface area contributed by atoms with Crippen molar-refractivity contribution >= 4 is 5.78 Å². The van der Waals surface area contributed by atoms with Crippen LogP contribution in [0.15, 0.2) is 12.7 Å². The quantitative estimate of drug-likeness (QED) is 0.461. The molecule has 1 rings (SSSR count). The number of pyridine rings is 1. The Morgan fingerprint density at radius 3 is 2.21 bits per heavy atom. The Hall–Kier alpha value is -1.83. The third kappa shape index (κ3) is 4.17. The maximum atomic E-state index is 13.3. The van der Waals surface area contributed by atoms with E-state index < -0.39 is 47.0 Å². The highest BCUT2D eigenvalue weighted by Crippen LogP contribution is 2.39. The maximum absolute atomic E-state index is 13.3. The van der Waals surface area contributed by atoms with Crippen LogP contribution in [0.5, 0.6) is 0 Å². The molecule has 0 bridgehead atoms. The average Bonchev–Trinajstić information content (AvgIpc) is 2.43. The minimum Gasteiger partial charge on any atom is -0.384 e. The molecule has 8 heteroatoms. The molecular formula is C16H18F5NO2. The number of halogens is 5. The molecule has 1 aromatic heterocycles. The fourth-order valence-electron chi connectivity index (χ4n) is 2.49. The molecule has 1 heterocycles. The summed E-state index contributed by atoms with van der Waals surface area (Å²) in [7, 11) is 0. The number of aromatic nitrogens is 1. The van der Waals surface area contributed by atoms with E-state index in [4.69, 9.17) is 0 Å². The summed E-state index contributed by atoms with van der Waals surface area (Å²) in [4.78, 5) is 14.8. The lowest BCUT2D eigenvalue weighted by Gasteiger charge is -2.23. The van der Waals surface area contributed by atoms with Crippen LogP contribution in [0.3, 0.4) is 0 Å². The number of aliphatic hydroxyl groups is 1. The van der Waals surface area contributed by atoms with Gasteiger partial charge in [0.15, 0.2) is 11.5 Å². The SMILES string of the molecule is C=CC(O)c1c(C(F)F)nc(C(F)(F)F)c(C(C)=O)c1CC(C)C. The zero-order valence-electron chi connectivity index (χ0n) is 13.4. The van der Waals surface area contributed by atoms with Crippen molar-refractivity contribution in [2.24, 2.45) is 5.92 Å². The predicted octanol–water partition coefficient (Wildman–Crippen LogP) is 4.66. The molecule has 0 radical (unpaired) electrons. The van der Waals surface area contributed by atoms with E-state index >= 15 is 0 Å². The third-order valence-corrected chi connectivity index (χ3v) is 3.33. The van der Waals surface area contributed by atoms with Crippen LogP contribution in [0.4, 0.5) is 22.0 Å². The van der Waals surface area contributed by atoms with Crippen molar-refractivity contribution in [3.05, 3.63) is 40.7 Å². The van der Waals surface area contributed by atoms with Crippen LogP contribution in [-0.4, -0.2) is 15.9 Å². The standard InChI is InChI=1S/C16H18F5NO2/c1-5-10(24)12-9(6-7(2)3)11(8(4)23)14(16(19,20)21)22-13(12)15(17)18/h5,7,10,15,24H,1,6H2,2-4H3. The Bertz CT molecular complexity index is 638. The van der Waals surface area contributed by atoms with Gasteiger partial charge in [-0.15, -0.1) is 6.58 Å². The lowest BCUT2D eigenvalue weighted by molar-refractivity contribution is -0.141. The number of nitrogens with zero attached hydrogens (tertiary/aromatic N) is 1. The van der Waals surface area contributed by atoms with Gasteiger partial charge in [-0.05, 0) is 24.8 Å². The number of aliphatic hydroxyl groups excluding tert-OH is 1. The zero-order chi connectivity index (χ0) is 18.8. The first-order chi connectivity index (χ1) is 10.9. The third-order valence-electron chi connectivity index (χ3n) is 3.33. The Labute approximate surface area is 136 Å². The number of ketones is 1. The van der Waals surface area contributed by atoms with Gasteiger partial charge >= 0.3 is 6.18 Å². The molecule has 1 aromatic rings. The fourth-order valence-corrected chi connectivity index (χ4v) is 2.49. The van der Waals surface area contributed by atoms with Crippen molar-refractivity contribution < 1.29 is 31.9 Å². The van der Waals surface area contributed by atoms with Gasteiger partial charge in [0.2, 0.25) is 0 Å². The van der Waals surface area contributed by atoms with Gasteiger partial charge in [-0.3, -0.25) is 4.79 Å². The van der Waals surface area contributed by atoms with Gasteiger partial charge in [0.1, 0.15) is 5.69 Å². The van der Waals surface area contributed by atoms with E-state index in [1.165, 1.54) is 0 Å². The summed E-state index contributed by atoms with van der Waals surface area (Å²) >= 11 is 0. The van der Waals surface area contributed by atoms with E-state index in [0.29, 0.717) is 0 Å². The lowest BCUT2D eigenvalue weighted by atomic mass is 9.87. The van der Waals surface area contributed by atoms with Crippen molar-refractivity contribution in [3.8, 4) is 0 Å². The largest absolute Gasteiger partial charge is 0.434 e. The Kier molecular flexibility index (Phi) is 6.21. The molecule has 0 aliphatic rings. The Morgan fingerprint density at radius 1 is 1.33 bits per heavy atom. The summed E-state index contributed by atoms with van der Waals surface area (Å²) in [5.41, 5.74) is -4.36. The topological polar surface area (TPSA) is 50.2 Å². The molecule has 0 aliphatic heterocycles. The number of Topliss-reactive ketones (excluding diaryl/α,β-unsaturated/α-hetero) is 1. The van der Waals surface area contributed by atoms with Gasteiger partial charge in [-0.1, -0.05) is 19.9 Å². The fraction of sp³-hybridized carbons (Fsp3) is 0.500. The molecule has 0 amide bonds. The summed E-state index contributed by atoms with van der Waals surface area (Å²) in [6.07, 6.45) is -9.27. The van der Waals surface area contributed by atoms with Gasteiger partial charge in [0.25, 0.3) is 6.43 Å². The zero-order valence-corrected chi connectivity index (χ0v) is 13.4. The molecule has 0 fully saturated rings. The summed E-state index contributed by atoms with van der Waals surface area (Å²) in [5.74, 6) is -1.20. The number of rotatable bonds is 6. The first-order valence-electron chi connectivity index (χ1n) is 7.15. The highest BCUT2D eigenvalue weighted by Gasteiger charge is 2.41. The van der Waals surface area contributed by atoms with Crippen LogP contribution in [-0.2, 0) is 12.6 Å². The monoisotopic (exact) mass is 351 g/mol. The molecule has 24 heavy (non-hydrogen) atoms. The van der Waals surface area contributed by atoms with Crippen molar-refractivity contribution in [1.29, 1.82) is 0 Å². The average molecular weight is 351 g/mol. The summed E-state index contributed by atoms with van der Waals surface area (Å²) in [5, 5.41) is 9.97. The normalized spacial score (nSPS) is 13.5. The van der Waals surface area contributed by atoms with E-state index in [9.17, 15) is 31.9 Å². The number of carbonyl (C=O) groups excluding carboxylic acids is 1. The molecule has 0 spiro atoms. The molecule has 1 unspecified atom stereocenters. The van der Waals surface area contributed by atoms with Crippen LogP contribution >= 0.6 is 0 Å². The van der Waals surface area contributed by atoms with E-state index in [-0.39, 0.29) is 17.9 Å². The van der Waals surface area contributed by atoms with Crippen molar-refractivity contribution in [2.45, 2.75) is 45.9 Å². The second-order valence-corrected chi connectivity index (χ2v) is 5.75.